The highest BCUT2D eigenvalue weighted by Gasteiger charge is 2.35. The largest absolute Gasteiger partial charge is 0.350 e. The van der Waals surface area contributed by atoms with E-state index >= 15 is 0 Å². The van der Waals surface area contributed by atoms with Gasteiger partial charge < -0.3 is 10.2 Å². The van der Waals surface area contributed by atoms with Crippen molar-refractivity contribution in [1.82, 2.24) is 10.2 Å². The number of nitrogens with zero attached hydrogens (tertiary/aromatic N) is 2. The number of benzene rings is 3. The second-order valence-electron chi connectivity index (χ2n) is 10.3. The summed E-state index contributed by atoms with van der Waals surface area (Å²) in [5.74, 6) is -1.04. The number of carbonyl (C=O) groups excluding carboxylic acids is 2. The standard InChI is InChI=1S/C29H31Cl4N3O4S/c1-5-25(28(38)34-29(2,3)4)35(17-19-11-12-20(30)15-24(19)33)27(37)18-36(26-16-21(31)13-14-23(26)32)41(39,40)22-9-7-6-8-10-22/h6-16,25H,5,17-18H2,1-4H3,(H,34,38)/t25-/m1/s1. The SMILES string of the molecule is CC[C@H](C(=O)NC(C)(C)C)N(Cc1ccc(Cl)cc1Cl)C(=O)CN(c1cc(Cl)ccc1Cl)S(=O)(=O)c1ccccc1. The van der Waals surface area contributed by atoms with E-state index in [-0.39, 0.29) is 33.6 Å². The third kappa shape index (κ3) is 8.52. The first-order chi connectivity index (χ1) is 19.1. The molecule has 3 rings (SSSR count). The average Bonchev–Trinajstić information content (AvgIpc) is 2.89. The van der Waals surface area contributed by atoms with Crippen LogP contribution in [-0.4, -0.2) is 43.3 Å². The van der Waals surface area contributed by atoms with Gasteiger partial charge in [-0.2, -0.15) is 0 Å². The highest BCUT2D eigenvalue weighted by Crippen LogP contribution is 2.33. The van der Waals surface area contributed by atoms with E-state index in [1.54, 1.807) is 37.3 Å². The molecule has 3 aromatic carbocycles. The monoisotopic (exact) mass is 657 g/mol. The number of rotatable bonds is 10. The normalized spacial score (nSPS) is 12.5. The van der Waals surface area contributed by atoms with E-state index < -0.39 is 40.0 Å². The molecule has 0 bridgehead atoms. The van der Waals surface area contributed by atoms with E-state index in [4.69, 9.17) is 46.4 Å². The fraction of sp³-hybridized carbons (Fsp3) is 0.310. The number of sulfonamides is 1. The predicted molar refractivity (Wildman–Crippen MR) is 166 cm³/mol. The van der Waals surface area contributed by atoms with Gasteiger partial charge in [0.1, 0.15) is 12.6 Å². The Balaban J connectivity index is 2.13. The van der Waals surface area contributed by atoms with E-state index in [0.717, 1.165) is 4.31 Å². The average molecular weight is 659 g/mol. The molecule has 0 saturated carbocycles. The smallest absolute Gasteiger partial charge is 0.264 e. The van der Waals surface area contributed by atoms with Crippen molar-refractivity contribution in [3.8, 4) is 0 Å². The van der Waals surface area contributed by atoms with E-state index in [1.807, 2.05) is 20.8 Å². The summed E-state index contributed by atoms with van der Waals surface area (Å²) in [4.78, 5) is 28.8. The lowest BCUT2D eigenvalue weighted by molar-refractivity contribution is -0.141. The Bertz CT molecular complexity index is 1510. The van der Waals surface area contributed by atoms with Gasteiger partial charge in [0, 0.05) is 27.2 Å². The van der Waals surface area contributed by atoms with Crippen molar-refractivity contribution < 1.29 is 18.0 Å². The molecule has 0 fully saturated rings. The molecule has 0 aliphatic heterocycles. The van der Waals surface area contributed by atoms with Crippen molar-refractivity contribution in [3.05, 3.63) is 92.4 Å². The van der Waals surface area contributed by atoms with Gasteiger partial charge in [-0.05, 0) is 75.2 Å². The van der Waals surface area contributed by atoms with Crippen LogP contribution in [-0.2, 0) is 26.2 Å². The third-order valence-corrected chi connectivity index (χ3v) is 8.94. The number of amides is 2. The fourth-order valence-electron chi connectivity index (χ4n) is 4.12. The lowest BCUT2D eigenvalue weighted by Gasteiger charge is -2.35. The second-order valence-corrected chi connectivity index (χ2v) is 13.9. The van der Waals surface area contributed by atoms with Crippen LogP contribution in [0.1, 0.15) is 39.7 Å². The molecule has 1 atom stereocenters. The number of halogens is 4. The molecule has 12 heteroatoms. The molecule has 0 aliphatic rings. The molecule has 0 heterocycles. The summed E-state index contributed by atoms with van der Waals surface area (Å²) in [5, 5.41) is 3.92. The molecule has 1 N–H and O–H groups in total. The first-order valence-electron chi connectivity index (χ1n) is 12.7. The molecule has 0 aliphatic carbocycles. The first-order valence-corrected chi connectivity index (χ1v) is 15.7. The molecule has 0 radical (unpaired) electrons. The molecule has 2 amide bonds. The summed E-state index contributed by atoms with van der Waals surface area (Å²) >= 11 is 25.2. The Hall–Kier alpha value is -2.49. The van der Waals surface area contributed by atoms with Crippen LogP contribution in [0.4, 0.5) is 5.69 Å². The predicted octanol–water partition coefficient (Wildman–Crippen LogP) is 7.22. The van der Waals surface area contributed by atoms with Crippen LogP contribution in [0, 0.1) is 0 Å². The maximum Gasteiger partial charge on any atom is 0.264 e. The number of hydrogen-bond donors (Lipinski definition) is 1. The van der Waals surface area contributed by atoms with Gasteiger partial charge in [0.05, 0.1) is 15.6 Å². The van der Waals surface area contributed by atoms with Crippen LogP contribution < -0.4 is 9.62 Å². The van der Waals surface area contributed by atoms with Crippen LogP contribution in [0.5, 0.6) is 0 Å². The lowest BCUT2D eigenvalue weighted by atomic mass is 10.1. The van der Waals surface area contributed by atoms with Crippen molar-refractivity contribution in [2.24, 2.45) is 0 Å². The number of carbonyl (C=O) groups is 2. The van der Waals surface area contributed by atoms with Crippen LogP contribution in [0.15, 0.2) is 71.6 Å². The minimum absolute atomic E-state index is 0.0213. The quantitative estimate of drug-likeness (QED) is 0.249. The summed E-state index contributed by atoms with van der Waals surface area (Å²) in [6, 6.07) is 15.9. The molecule has 3 aromatic rings. The van der Waals surface area contributed by atoms with E-state index in [9.17, 15) is 18.0 Å². The number of hydrogen-bond acceptors (Lipinski definition) is 4. The van der Waals surface area contributed by atoms with Crippen molar-refractivity contribution in [2.75, 3.05) is 10.8 Å². The maximum atomic E-state index is 14.1. The van der Waals surface area contributed by atoms with Crippen molar-refractivity contribution in [3.63, 3.8) is 0 Å². The molecular weight excluding hydrogens is 628 g/mol. The zero-order valence-electron chi connectivity index (χ0n) is 23.0. The van der Waals surface area contributed by atoms with Crippen LogP contribution in [0.2, 0.25) is 20.1 Å². The van der Waals surface area contributed by atoms with E-state index in [2.05, 4.69) is 5.32 Å². The minimum Gasteiger partial charge on any atom is -0.350 e. The van der Waals surface area contributed by atoms with Gasteiger partial charge >= 0.3 is 0 Å². The molecule has 0 unspecified atom stereocenters. The van der Waals surface area contributed by atoms with Gasteiger partial charge in [-0.3, -0.25) is 13.9 Å². The zero-order chi connectivity index (χ0) is 30.5. The summed E-state index contributed by atoms with van der Waals surface area (Å²) in [5.41, 5.74) is -0.0218. The lowest BCUT2D eigenvalue weighted by Crippen LogP contribution is -2.55. The van der Waals surface area contributed by atoms with E-state index in [1.165, 1.54) is 41.3 Å². The number of anilines is 1. The summed E-state index contributed by atoms with van der Waals surface area (Å²) < 4.78 is 28.7. The summed E-state index contributed by atoms with van der Waals surface area (Å²) in [6.07, 6.45) is 0.252. The van der Waals surface area contributed by atoms with Gasteiger partial charge in [0.25, 0.3) is 10.0 Å². The Labute approximate surface area is 261 Å². The molecule has 7 nitrogen and oxygen atoms in total. The Kier molecular flexibility index (Phi) is 11.0. The molecule has 220 valence electrons. The topological polar surface area (TPSA) is 86.8 Å². The van der Waals surface area contributed by atoms with Gasteiger partial charge in [0.2, 0.25) is 11.8 Å². The summed E-state index contributed by atoms with van der Waals surface area (Å²) in [7, 11) is -4.29. The van der Waals surface area contributed by atoms with Crippen molar-refractivity contribution >= 4 is 73.9 Å². The number of nitrogens with one attached hydrogen (secondary N) is 1. The third-order valence-electron chi connectivity index (χ3n) is 6.03. The highest BCUT2D eigenvalue weighted by atomic mass is 35.5. The Morgan fingerprint density at radius 1 is 0.878 bits per heavy atom. The Morgan fingerprint density at radius 3 is 2.07 bits per heavy atom. The summed E-state index contributed by atoms with van der Waals surface area (Å²) in [6.45, 7) is 6.51. The van der Waals surface area contributed by atoms with Crippen LogP contribution in [0.25, 0.3) is 0 Å². The second kappa shape index (κ2) is 13.7. The maximum absolute atomic E-state index is 14.1. The zero-order valence-corrected chi connectivity index (χ0v) is 26.8. The molecule has 0 spiro atoms. The van der Waals surface area contributed by atoms with Crippen molar-refractivity contribution in [1.29, 1.82) is 0 Å². The molecule has 0 aromatic heterocycles. The van der Waals surface area contributed by atoms with E-state index in [0.29, 0.717) is 15.6 Å². The van der Waals surface area contributed by atoms with Gasteiger partial charge in [0.15, 0.2) is 0 Å². The van der Waals surface area contributed by atoms with Gasteiger partial charge in [-0.1, -0.05) is 77.6 Å². The molecular formula is C29H31Cl4N3O4S. The fourth-order valence-corrected chi connectivity index (χ4v) is 6.47. The van der Waals surface area contributed by atoms with Gasteiger partial charge in [-0.25, -0.2) is 8.42 Å². The van der Waals surface area contributed by atoms with Crippen molar-refractivity contribution in [2.45, 2.75) is 57.1 Å². The first kappa shape index (κ1) is 33.0. The van der Waals surface area contributed by atoms with Gasteiger partial charge in [-0.15, -0.1) is 0 Å². The minimum atomic E-state index is -4.29. The molecule has 0 saturated heterocycles. The van der Waals surface area contributed by atoms with Crippen LogP contribution in [0.3, 0.4) is 0 Å². The van der Waals surface area contributed by atoms with Crippen LogP contribution >= 0.6 is 46.4 Å². The molecule has 41 heavy (non-hydrogen) atoms. The highest BCUT2D eigenvalue weighted by molar-refractivity contribution is 7.92. The Morgan fingerprint density at radius 2 is 1.49 bits per heavy atom.